The van der Waals surface area contributed by atoms with E-state index < -0.39 is 23.9 Å². The van der Waals surface area contributed by atoms with Crippen LogP contribution in [0, 0.1) is 18.7 Å². The number of halogens is 1. The highest BCUT2D eigenvalue weighted by Crippen LogP contribution is 2.44. The fourth-order valence-electron chi connectivity index (χ4n) is 13.2. The number of aromatic hydroxyl groups is 1. The van der Waals surface area contributed by atoms with Crippen LogP contribution < -0.4 is 25.0 Å². The predicted octanol–water partition coefficient (Wildman–Crippen LogP) is 8.65. The van der Waals surface area contributed by atoms with Crippen LogP contribution in [0.2, 0.25) is 0 Å². The van der Waals surface area contributed by atoms with E-state index in [9.17, 15) is 19.8 Å². The maximum absolute atomic E-state index is 17.4. The maximum Gasteiger partial charge on any atom is 0.319 e. The summed E-state index contributed by atoms with van der Waals surface area (Å²) in [5, 5.41) is 34.9. The molecule has 9 heterocycles. The fraction of sp³-hybridized carbons (Fsp3) is 0.475. The number of amides is 2. The highest BCUT2D eigenvalue weighted by Gasteiger charge is 2.50. The summed E-state index contributed by atoms with van der Waals surface area (Å²) in [4.78, 5) is 54.6. The number of carbonyl (C=O) groups is 2. The SMILES string of the molecule is CCc1cccc2cc(O)cc(-c3ncc4c(N5CC6CCC(C5)N6)nc(OC[C@]56CCCN5[C@H](COc5cc([C@@H](C(=O)N7C[C@H](O)C[C@H]7C(=O)N[C@@H](C)c7ccc(-c8scnc8C)cc7)C(C)C)on5)CC6)nc4c3F)c12. The van der Waals surface area contributed by atoms with E-state index in [-0.39, 0.29) is 77.2 Å². The first-order valence-corrected chi connectivity index (χ1v) is 28.5. The van der Waals surface area contributed by atoms with Gasteiger partial charge in [0.25, 0.3) is 5.88 Å². The summed E-state index contributed by atoms with van der Waals surface area (Å²) >= 11 is 1.58. The number of likely N-dealkylation sites (tertiary alicyclic amines) is 1. The van der Waals surface area contributed by atoms with Gasteiger partial charge < -0.3 is 44.6 Å². The Morgan fingerprint density at radius 3 is 2.56 bits per heavy atom. The lowest BCUT2D eigenvalue weighted by Crippen LogP contribution is -2.51. The fourth-order valence-corrected chi connectivity index (χ4v) is 14.0. The predicted molar refractivity (Wildman–Crippen MR) is 295 cm³/mol. The number of phenolic OH excluding ortho intramolecular Hbond substituents is 1. The van der Waals surface area contributed by atoms with Crippen molar-refractivity contribution in [1.82, 2.24) is 45.5 Å². The first-order valence-electron chi connectivity index (χ1n) is 27.6. The van der Waals surface area contributed by atoms with Crippen molar-refractivity contribution in [3.63, 3.8) is 0 Å². The Morgan fingerprint density at radius 1 is 1.00 bits per heavy atom. The minimum atomic E-state index is -0.865. The summed E-state index contributed by atoms with van der Waals surface area (Å²) in [6.07, 6.45) is 7.32. The van der Waals surface area contributed by atoms with Gasteiger partial charge in [0.15, 0.2) is 11.6 Å². The molecule has 2 bridgehead atoms. The number of benzene rings is 3. The van der Waals surface area contributed by atoms with Crippen molar-refractivity contribution in [3.05, 3.63) is 101 Å². The normalized spacial score (nSPS) is 23.9. The molecule has 5 fully saturated rings. The van der Waals surface area contributed by atoms with Crippen LogP contribution in [0.1, 0.15) is 107 Å². The van der Waals surface area contributed by atoms with Gasteiger partial charge in [-0.05, 0) is 116 Å². The topological polar surface area (TPSA) is 204 Å². The van der Waals surface area contributed by atoms with Crippen LogP contribution in [-0.2, 0) is 16.0 Å². The van der Waals surface area contributed by atoms with E-state index in [1.165, 1.54) is 4.90 Å². The summed E-state index contributed by atoms with van der Waals surface area (Å²) in [5.41, 5.74) is 6.21. The van der Waals surface area contributed by atoms with E-state index >= 15 is 4.39 Å². The number of aromatic nitrogens is 5. The van der Waals surface area contributed by atoms with Gasteiger partial charge in [-0.25, -0.2) is 9.37 Å². The quantitative estimate of drug-likeness (QED) is 0.0715. The second kappa shape index (κ2) is 21.1. The monoisotopic (exact) mass is 1080 g/mol. The molecule has 4 N–H and O–H groups in total. The molecule has 5 saturated heterocycles. The maximum atomic E-state index is 17.4. The molecule has 17 nitrogen and oxygen atoms in total. The van der Waals surface area contributed by atoms with E-state index in [1.54, 1.807) is 35.7 Å². The van der Waals surface area contributed by atoms with Gasteiger partial charge in [0, 0.05) is 62.0 Å². The lowest BCUT2D eigenvalue weighted by atomic mass is 9.91. The Balaban J connectivity index is 0.731. The van der Waals surface area contributed by atoms with Crippen LogP contribution in [0.4, 0.5) is 10.2 Å². The van der Waals surface area contributed by atoms with Crippen molar-refractivity contribution >= 4 is 50.6 Å². The molecule has 0 saturated carbocycles. The molecule has 2 unspecified atom stereocenters. The van der Waals surface area contributed by atoms with Gasteiger partial charge in [0.1, 0.15) is 48.0 Å². The smallest absolute Gasteiger partial charge is 0.319 e. The zero-order valence-electron chi connectivity index (χ0n) is 44.7. The van der Waals surface area contributed by atoms with E-state index in [2.05, 4.69) is 37.5 Å². The zero-order chi connectivity index (χ0) is 54.0. The molecule has 408 valence electrons. The van der Waals surface area contributed by atoms with Crippen LogP contribution in [0.3, 0.4) is 0 Å². The van der Waals surface area contributed by atoms with Gasteiger partial charge in [-0.1, -0.05) is 63.2 Å². The number of β-amino-alcohol motifs (C(OH)–C–C–N with tert-alkyl or cyclic N) is 1. The third-order valence-corrected chi connectivity index (χ3v) is 18.1. The van der Waals surface area contributed by atoms with Gasteiger partial charge in [-0.15, -0.1) is 11.3 Å². The highest BCUT2D eigenvalue weighted by molar-refractivity contribution is 7.13. The summed E-state index contributed by atoms with van der Waals surface area (Å²) in [6.45, 7) is 12.7. The molecule has 5 aliphatic heterocycles. The third kappa shape index (κ3) is 9.70. The summed E-state index contributed by atoms with van der Waals surface area (Å²) < 4.78 is 36.2. The molecule has 3 aromatic carbocycles. The van der Waals surface area contributed by atoms with Crippen molar-refractivity contribution in [1.29, 1.82) is 0 Å². The average Bonchev–Trinajstić information content (AvgIpc) is 4.42. The Bertz CT molecular complexity index is 3380. The number of nitrogens with one attached hydrogen (secondary N) is 2. The number of hydrogen-bond acceptors (Lipinski definition) is 16. The summed E-state index contributed by atoms with van der Waals surface area (Å²) in [6, 6.07) is 18.4. The number of aliphatic hydroxyl groups is 1. The van der Waals surface area contributed by atoms with Crippen molar-refractivity contribution in [2.75, 3.05) is 44.3 Å². The molecular weight excluding hydrogens is 1010 g/mol. The molecule has 78 heavy (non-hydrogen) atoms. The Labute approximate surface area is 456 Å². The molecule has 7 aromatic rings. The van der Waals surface area contributed by atoms with Crippen molar-refractivity contribution < 1.29 is 38.2 Å². The molecule has 12 rings (SSSR count). The minimum absolute atomic E-state index is 0.0240. The van der Waals surface area contributed by atoms with Crippen LogP contribution in [0.5, 0.6) is 17.6 Å². The lowest BCUT2D eigenvalue weighted by Gasteiger charge is -2.35. The Morgan fingerprint density at radius 2 is 1.81 bits per heavy atom. The van der Waals surface area contributed by atoms with Gasteiger partial charge in [0.2, 0.25) is 11.8 Å². The number of anilines is 1. The molecular formula is C59H67FN10O7S. The first-order chi connectivity index (χ1) is 37.7. The van der Waals surface area contributed by atoms with E-state index in [1.807, 2.05) is 75.7 Å². The van der Waals surface area contributed by atoms with Gasteiger partial charge >= 0.3 is 6.01 Å². The first kappa shape index (κ1) is 51.9. The molecule has 19 heteroatoms. The average molecular weight is 1080 g/mol. The zero-order valence-corrected chi connectivity index (χ0v) is 45.6. The number of ether oxygens (including phenoxy) is 2. The number of rotatable bonds is 16. The van der Waals surface area contributed by atoms with Crippen LogP contribution in [0.15, 0.2) is 76.9 Å². The largest absolute Gasteiger partial charge is 0.508 e. The number of hydrogen-bond donors (Lipinski definition) is 4. The Kier molecular flexibility index (Phi) is 14.1. The van der Waals surface area contributed by atoms with Crippen molar-refractivity contribution in [2.24, 2.45) is 5.92 Å². The van der Waals surface area contributed by atoms with Gasteiger partial charge in [-0.3, -0.25) is 19.5 Å². The number of pyridine rings is 1. The van der Waals surface area contributed by atoms with Gasteiger partial charge in [0.05, 0.1) is 39.2 Å². The standard InChI is InChI=1S/C59H67FN10O7S/c1-6-35-9-7-10-38-21-42(71)22-44(50(35)38)52-51(60)53-45(25-61-52)55(68-26-39-15-16-40(27-68)64-39)66-58(65-53)76-30-59-18-8-20-70(59)41(17-19-59)29-75-48-24-47(77-67-48)49(32(2)3)57(74)69-28-43(72)23-46(69)56(73)63-33(4)36-11-13-37(14-12-36)54-34(5)62-31-78-54/h7,9-14,21-22,24-25,31-33,39-41,43,46,49,64,71-72H,6,8,15-20,23,26-30H2,1-5H3,(H,63,73)/t33-,39?,40?,41-,43+,46-,49-,59+/m0/s1. The highest BCUT2D eigenvalue weighted by atomic mass is 32.1. The number of thiazole rings is 1. The summed E-state index contributed by atoms with van der Waals surface area (Å²) in [5.74, 6) is -1.04. The third-order valence-electron chi connectivity index (χ3n) is 17.2. The molecule has 0 radical (unpaired) electrons. The lowest BCUT2D eigenvalue weighted by molar-refractivity contribution is -0.141. The molecule has 4 aromatic heterocycles. The van der Waals surface area contributed by atoms with Crippen LogP contribution >= 0.6 is 11.3 Å². The van der Waals surface area contributed by atoms with Gasteiger partial charge in [-0.2, -0.15) is 9.97 Å². The summed E-state index contributed by atoms with van der Waals surface area (Å²) in [7, 11) is 0. The molecule has 2 amide bonds. The van der Waals surface area contributed by atoms with Crippen molar-refractivity contribution in [2.45, 2.75) is 134 Å². The number of aryl methyl sites for hydroxylation is 2. The van der Waals surface area contributed by atoms with E-state index in [4.69, 9.17) is 28.9 Å². The molecule has 8 atom stereocenters. The number of piperazine rings is 1. The second-order valence-corrected chi connectivity index (χ2v) is 23.4. The number of phenols is 1. The number of aliphatic hydroxyl groups excluding tert-OH is 1. The molecule has 0 spiro atoms. The second-order valence-electron chi connectivity index (χ2n) is 22.5. The number of fused-ring (bicyclic) bond motifs is 5. The number of nitrogens with zero attached hydrogens (tertiary/aromatic N) is 8. The molecule has 5 aliphatic rings. The minimum Gasteiger partial charge on any atom is -0.508 e. The van der Waals surface area contributed by atoms with Crippen molar-refractivity contribution in [3.8, 4) is 39.3 Å². The van der Waals surface area contributed by atoms with Crippen LogP contribution in [0.25, 0.3) is 43.4 Å². The molecule has 0 aliphatic carbocycles. The Hall–Kier alpha value is -6.80. The number of carbonyl (C=O) groups excluding carboxylic acids is 2. The van der Waals surface area contributed by atoms with Crippen LogP contribution in [-0.4, -0.2) is 132 Å². The van der Waals surface area contributed by atoms with E-state index in [0.717, 1.165) is 103 Å². The van der Waals surface area contributed by atoms with E-state index in [0.29, 0.717) is 47.8 Å².